The highest BCUT2D eigenvalue weighted by molar-refractivity contribution is 5.77. The molecule has 1 rings (SSSR count). The maximum atomic E-state index is 12.5. The van der Waals surface area contributed by atoms with Crippen LogP contribution < -0.4 is 15.2 Å². The first-order valence-electron chi connectivity index (χ1n) is 13.1. The molecule has 0 saturated carbocycles. The summed E-state index contributed by atoms with van der Waals surface area (Å²) in [4.78, 5) is 48.6. The van der Waals surface area contributed by atoms with Crippen molar-refractivity contribution in [2.45, 2.75) is 86.3 Å². The largest absolute Gasteiger partial charge is 0.508 e. The van der Waals surface area contributed by atoms with Crippen molar-refractivity contribution in [1.82, 2.24) is 0 Å². The molecule has 0 aliphatic carbocycles. The van der Waals surface area contributed by atoms with E-state index < -0.39 is 36.2 Å². The van der Waals surface area contributed by atoms with Gasteiger partial charge in [0.05, 0.1) is 6.61 Å². The van der Waals surface area contributed by atoms with Crippen LogP contribution in [0.4, 0.5) is 4.79 Å². The number of esters is 3. The average Bonchev–Trinajstić information content (AvgIpc) is 2.81. The summed E-state index contributed by atoms with van der Waals surface area (Å²) in [5, 5.41) is 0. The summed E-state index contributed by atoms with van der Waals surface area (Å²) in [5.41, 5.74) is 6.61. The first-order chi connectivity index (χ1) is 17.8. The number of nitrogens with two attached hydrogens (primary N) is 1. The van der Waals surface area contributed by atoms with E-state index in [9.17, 15) is 19.2 Å². The Kier molecular flexibility index (Phi) is 14.4. The zero-order valence-corrected chi connectivity index (χ0v) is 23.6. The first kappa shape index (κ1) is 32.9. The van der Waals surface area contributed by atoms with Gasteiger partial charge >= 0.3 is 24.1 Å². The van der Waals surface area contributed by atoms with Crippen LogP contribution in [0.25, 0.3) is 0 Å². The Labute approximate surface area is 225 Å². The molecule has 0 heterocycles. The molecule has 0 aliphatic heterocycles. The molecule has 10 nitrogen and oxygen atoms in total. The molecule has 2 N–H and O–H groups in total. The Balaban J connectivity index is 2.79. The number of hydrogen-bond donors (Lipinski definition) is 1. The van der Waals surface area contributed by atoms with E-state index >= 15 is 0 Å². The molecule has 0 bridgehead atoms. The molecular formula is C28H43NO9. The van der Waals surface area contributed by atoms with Crippen LogP contribution in [0, 0.1) is 17.8 Å². The van der Waals surface area contributed by atoms with E-state index in [2.05, 4.69) is 0 Å². The Bertz CT molecular complexity index is 929. The number of benzene rings is 1. The van der Waals surface area contributed by atoms with Gasteiger partial charge < -0.3 is 29.4 Å². The molecule has 1 aromatic rings. The minimum absolute atomic E-state index is 0.0678. The van der Waals surface area contributed by atoms with E-state index in [0.717, 1.165) is 6.42 Å². The molecular weight excluding hydrogens is 494 g/mol. The predicted octanol–water partition coefficient (Wildman–Crippen LogP) is 4.59. The van der Waals surface area contributed by atoms with Crippen LogP contribution in [0.2, 0.25) is 0 Å². The van der Waals surface area contributed by atoms with Gasteiger partial charge in [0, 0.05) is 12.8 Å². The summed E-state index contributed by atoms with van der Waals surface area (Å²) in [6, 6.07) is 3.61. The molecule has 1 aromatic carbocycles. The van der Waals surface area contributed by atoms with Crippen LogP contribution >= 0.6 is 0 Å². The van der Waals surface area contributed by atoms with Gasteiger partial charge in [-0.25, -0.2) is 4.79 Å². The minimum Gasteiger partial charge on any atom is -0.458 e. The summed E-state index contributed by atoms with van der Waals surface area (Å²) in [6.45, 7) is 13.1. The van der Waals surface area contributed by atoms with E-state index in [1.54, 1.807) is 13.0 Å². The normalized spacial score (nSPS) is 13.4. The van der Waals surface area contributed by atoms with Gasteiger partial charge in [0.1, 0.15) is 18.8 Å². The summed E-state index contributed by atoms with van der Waals surface area (Å²) < 4.78 is 26.1. The molecule has 3 atom stereocenters. The number of ether oxygens (including phenoxy) is 5. The van der Waals surface area contributed by atoms with Crippen LogP contribution in [0.3, 0.4) is 0 Å². The topological polar surface area (TPSA) is 140 Å². The maximum Gasteiger partial charge on any atom is 0.508 e. The molecule has 0 amide bonds. The van der Waals surface area contributed by atoms with Gasteiger partial charge in [0.15, 0.2) is 11.5 Å². The van der Waals surface area contributed by atoms with E-state index in [0.29, 0.717) is 5.56 Å². The average molecular weight is 538 g/mol. The SMILES string of the molecule is CCC(C)COC(=O)OC[C@H](C)OC(=O)[C@@H](N)Cc1ccc(OC(=O)CC(C)C)c(OC(=O)CC(C)C)c1. The zero-order valence-electron chi connectivity index (χ0n) is 23.6. The molecule has 0 radical (unpaired) electrons. The van der Waals surface area contributed by atoms with Crippen LogP contribution in [0.5, 0.6) is 11.5 Å². The van der Waals surface area contributed by atoms with Gasteiger partial charge in [-0.15, -0.1) is 0 Å². The Morgan fingerprint density at radius 1 is 0.816 bits per heavy atom. The summed E-state index contributed by atoms with van der Waals surface area (Å²) in [5.74, 6) is -1.04. The lowest BCUT2D eigenvalue weighted by atomic mass is 10.1. The van der Waals surface area contributed by atoms with Crippen LogP contribution in [0.1, 0.15) is 73.3 Å². The highest BCUT2D eigenvalue weighted by Gasteiger charge is 2.22. The standard InChI is InChI=1S/C28H43NO9/c1-8-19(6)15-34-28(33)35-16-20(7)36-27(32)22(29)13-21-9-10-23(37-25(30)11-17(2)3)24(14-21)38-26(31)12-18(4)5/h9-10,14,17-20,22H,8,11-13,15-16,29H2,1-7H3/t19?,20-,22-/m0/s1. The van der Waals surface area contributed by atoms with Gasteiger partial charge in [-0.2, -0.15) is 0 Å². The van der Waals surface area contributed by atoms with Crippen molar-refractivity contribution in [2.24, 2.45) is 23.5 Å². The predicted molar refractivity (Wildman–Crippen MR) is 141 cm³/mol. The molecule has 0 fully saturated rings. The fourth-order valence-electron chi connectivity index (χ4n) is 3.05. The molecule has 0 aliphatic rings. The fraction of sp³-hybridized carbons (Fsp3) is 0.643. The van der Waals surface area contributed by atoms with Crippen molar-refractivity contribution in [3.05, 3.63) is 23.8 Å². The molecule has 10 heteroatoms. The first-order valence-corrected chi connectivity index (χ1v) is 13.1. The second kappa shape index (κ2) is 16.7. The second-order valence-corrected chi connectivity index (χ2v) is 10.4. The van der Waals surface area contributed by atoms with Gasteiger partial charge in [-0.05, 0) is 48.8 Å². The Hall–Kier alpha value is -3.14. The molecule has 0 aromatic heterocycles. The molecule has 214 valence electrons. The van der Waals surface area contributed by atoms with Crippen molar-refractivity contribution in [2.75, 3.05) is 13.2 Å². The van der Waals surface area contributed by atoms with Crippen molar-refractivity contribution >= 4 is 24.1 Å². The van der Waals surface area contributed by atoms with Gasteiger partial charge in [-0.3, -0.25) is 14.4 Å². The van der Waals surface area contributed by atoms with Crippen molar-refractivity contribution in [3.8, 4) is 11.5 Å². The van der Waals surface area contributed by atoms with Crippen LogP contribution in [-0.2, 0) is 35.0 Å². The van der Waals surface area contributed by atoms with Crippen molar-refractivity contribution in [1.29, 1.82) is 0 Å². The van der Waals surface area contributed by atoms with Crippen LogP contribution in [0.15, 0.2) is 18.2 Å². The molecule has 0 saturated heterocycles. The Morgan fingerprint density at radius 2 is 1.37 bits per heavy atom. The minimum atomic E-state index is -1.04. The highest BCUT2D eigenvalue weighted by Crippen LogP contribution is 2.30. The third-order valence-corrected chi connectivity index (χ3v) is 5.30. The monoisotopic (exact) mass is 537 g/mol. The van der Waals surface area contributed by atoms with E-state index in [4.69, 9.17) is 29.4 Å². The molecule has 1 unspecified atom stereocenters. The number of hydrogen-bond acceptors (Lipinski definition) is 10. The Morgan fingerprint density at radius 3 is 1.92 bits per heavy atom. The number of carbonyl (C=O) groups excluding carboxylic acids is 4. The van der Waals surface area contributed by atoms with E-state index in [1.807, 2.05) is 41.5 Å². The van der Waals surface area contributed by atoms with Gasteiger partial charge in [0.2, 0.25) is 0 Å². The quantitative estimate of drug-likeness (QED) is 0.249. The summed E-state index contributed by atoms with van der Waals surface area (Å²) >= 11 is 0. The lowest BCUT2D eigenvalue weighted by molar-refractivity contribution is -0.152. The highest BCUT2D eigenvalue weighted by atomic mass is 16.7. The lowest BCUT2D eigenvalue weighted by Gasteiger charge is -2.18. The third-order valence-electron chi connectivity index (χ3n) is 5.30. The third kappa shape index (κ3) is 13.4. The zero-order chi connectivity index (χ0) is 28.8. The van der Waals surface area contributed by atoms with Crippen molar-refractivity contribution < 1.29 is 42.9 Å². The van der Waals surface area contributed by atoms with Crippen LogP contribution in [-0.4, -0.2) is 49.4 Å². The van der Waals surface area contributed by atoms with Crippen molar-refractivity contribution in [3.63, 3.8) is 0 Å². The molecule has 0 spiro atoms. The lowest BCUT2D eigenvalue weighted by Crippen LogP contribution is -2.37. The second-order valence-electron chi connectivity index (χ2n) is 10.4. The van der Waals surface area contributed by atoms with E-state index in [1.165, 1.54) is 12.1 Å². The maximum absolute atomic E-state index is 12.5. The number of carbonyl (C=O) groups is 4. The smallest absolute Gasteiger partial charge is 0.458 e. The fourth-order valence-corrected chi connectivity index (χ4v) is 3.05. The summed E-state index contributed by atoms with van der Waals surface area (Å²) in [6.07, 6.45) is -0.243. The summed E-state index contributed by atoms with van der Waals surface area (Å²) in [7, 11) is 0. The van der Waals surface area contributed by atoms with E-state index in [-0.39, 0.29) is 61.7 Å². The van der Waals surface area contributed by atoms with Gasteiger partial charge in [-0.1, -0.05) is 54.0 Å². The number of rotatable bonds is 15. The van der Waals surface area contributed by atoms with Gasteiger partial charge in [0.25, 0.3) is 0 Å². The molecule has 38 heavy (non-hydrogen) atoms.